The molecule has 0 radical (unpaired) electrons. The largest absolute Gasteiger partial charge is 0.397 e. The Morgan fingerprint density at radius 2 is 2.39 bits per heavy atom. The second-order valence-electron chi connectivity index (χ2n) is 4.64. The molecule has 1 aromatic rings. The van der Waals surface area contributed by atoms with E-state index in [0.717, 1.165) is 17.8 Å². The van der Waals surface area contributed by atoms with Crippen LogP contribution in [0.5, 0.6) is 0 Å². The van der Waals surface area contributed by atoms with Crippen molar-refractivity contribution in [2.45, 2.75) is 31.8 Å². The normalized spacial score (nSPS) is 16.3. The number of methoxy groups -OCH3 is 1. The molecule has 1 saturated carbocycles. The van der Waals surface area contributed by atoms with Gasteiger partial charge in [0.15, 0.2) is 0 Å². The molecule has 1 aliphatic carbocycles. The number of rotatable bonds is 6. The quantitative estimate of drug-likeness (QED) is 0.734. The highest BCUT2D eigenvalue weighted by Gasteiger charge is 2.25. The number of amides is 1. The van der Waals surface area contributed by atoms with E-state index in [9.17, 15) is 4.79 Å². The molecule has 5 nitrogen and oxygen atoms in total. The van der Waals surface area contributed by atoms with Gasteiger partial charge in [0.1, 0.15) is 4.88 Å². The first kappa shape index (κ1) is 13.2. The highest BCUT2D eigenvalue weighted by Crippen LogP contribution is 2.30. The zero-order chi connectivity index (χ0) is 13.1. The number of hydrogen-bond donors (Lipinski definition) is 3. The predicted octanol–water partition coefficient (Wildman–Crippen LogP) is 1.67. The Balaban J connectivity index is 1.98. The van der Waals surface area contributed by atoms with Crippen molar-refractivity contribution in [2.75, 3.05) is 24.8 Å². The Morgan fingerprint density at radius 1 is 1.67 bits per heavy atom. The van der Waals surface area contributed by atoms with E-state index < -0.39 is 0 Å². The van der Waals surface area contributed by atoms with Gasteiger partial charge >= 0.3 is 0 Å². The molecule has 1 atom stereocenters. The van der Waals surface area contributed by atoms with E-state index in [1.165, 1.54) is 11.3 Å². The van der Waals surface area contributed by atoms with Crippen molar-refractivity contribution in [3.63, 3.8) is 0 Å². The highest BCUT2D eigenvalue weighted by molar-refractivity contribution is 7.18. The van der Waals surface area contributed by atoms with Crippen molar-refractivity contribution < 1.29 is 9.53 Å². The average molecular weight is 269 g/mol. The van der Waals surface area contributed by atoms with Crippen LogP contribution < -0.4 is 16.4 Å². The molecule has 100 valence electrons. The Morgan fingerprint density at radius 3 is 3.00 bits per heavy atom. The molecule has 1 aliphatic rings. The smallest absolute Gasteiger partial charge is 0.263 e. The van der Waals surface area contributed by atoms with Crippen molar-refractivity contribution in [1.29, 1.82) is 0 Å². The van der Waals surface area contributed by atoms with Crippen LogP contribution in [0.3, 0.4) is 0 Å². The topological polar surface area (TPSA) is 76.4 Å². The number of thiophene rings is 1. The van der Waals surface area contributed by atoms with Crippen LogP contribution in [0.15, 0.2) is 6.07 Å². The van der Waals surface area contributed by atoms with Gasteiger partial charge in [-0.05, 0) is 25.8 Å². The lowest BCUT2D eigenvalue weighted by molar-refractivity contribution is 0.0956. The number of nitrogens with one attached hydrogen (secondary N) is 2. The van der Waals surface area contributed by atoms with Gasteiger partial charge in [-0.25, -0.2) is 0 Å². The van der Waals surface area contributed by atoms with Gasteiger partial charge in [-0.2, -0.15) is 0 Å². The lowest BCUT2D eigenvalue weighted by atomic mass is 10.3. The molecule has 0 aromatic carbocycles. The van der Waals surface area contributed by atoms with E-state index in [2.05, 4.69) is 10.6 Å². The van der Waals surface area contributed by atoms with E-state index in [1.54, 1.807) is 13.2 Å². The number of nitrogens with two attached hydrogens (primary N) is 1. The highest BCUT2D eigenvalue weighted by atomic mass is 32.1. The monoisotopic (exact) mass is 269 g/mol. The third-order valence-corrected chi connectivity index (χ3v) is 3.77. The number of hydrogen-bond acceptors (Lipinski definition) is 5. The van der Waals surface area contributed by atoms with Gasteiger partial charge in [0.05, 0.1) is 17.3 Å². The molecule has 1 aromatic heterocycles. The first-order valence-electron chi connectivity index (χ1n) is 6.05. The molecule has 18 heavy (non-hydrogen) atoms. The molecule has 1 fully saturated rings. The van der Waals surface area contributed by atoms with E-state index in [0.29, 0.717) is 23.2 Å². The van der Waals surface area contributed by atoms with Gasteiger partial charge in [0, 0.05) is 19.2 Å². The molecule has 1 amide bonds. The molecule has 4 N–H and O–H groups in total. The van der Waals surface area contributed by atoms with Crippen LogP contribution in [0.4, 0.5) is 10.7 Å². The predicted molar refractivity (Wildman–Crippen MR) is 74.2 cm³/mol. The van der Waals surface area contributed by atoms with Gasteiger partial charge in [0.2, 0.25) is 0 Å². The van der Waals surface area contributed by atoms with Crippen LogP contribution in [-0.2, 0) is 4.74 Å². The van der Waals surface area contributed by atoms with Gasteiger partial charge in [0.25, 0.3) is 5.91 Å². The first-order chi connectivity index (χ1) is 8.60. The summed E-state index contributed by atoms with van der Waals surface area (Å²) in [6, 6.07) is 2.34. The van der Waals surface area contributed by atoms with Crippen molar-refractivity contribution >= 4 is 27.9 Å². The number of nitrogen functional groups attached to an aromatic ring is 1. The molecular formula is C12H19N3O2S. The fourth-order valence-electron chi connectivity index (χ4n) is 1.67. The summed E-state index contributed by atoms with van der Waals surface area (Å²) in [7, 11) is 1.66. The van der Waals surface area contributed by atoms with Gasteiger partial charge in [-0.15, -0.1) is 11.3 Å². The SMILES string of the molecule is COCC(C)Nc1cc(N)c(C(=O)NC2CC2)s1. The molecular weight excluding hydrogens is 250 g/mol. The van der Waals surface area contributed by atoms with Crippen LogP contribution in [-0.4, -0.2) is 31.7 Å². The maximum atomic E-state index is 11.9. The minimum Gasteiger partial charge on any atom is -0.397 e. The standard InChI is InChI=1S/C12H19N3O2S/c1-7(6-17-2)14-10-5-9(13)11(18-10)12(16)15-8-3-4-8/h5,7-8,14H,3-4,6,13H2,1-2H3,(H,15,16). The Kier molecular flexibility index (Phi) is 4.08. The lowest BCUT2D eigenvalue weighted by Gasteiger charge is -2.11. The van der Waals surface area contributed by atoms with Crippen LogP contribution >= 0.6 is 11.3 Å². The zero-order valence-corrected chi connectivity index (χ0v) is 11.5. The summed E-state index contributed by atoms with van der Waals surface area (Å²) >= 11 is 1.39. The number of carbonyl (C=O) groups is 1. The molecule has 0 aliphatic heterocycles. The number of ether oxygens (including phenoxy) is 1. The molecule has 1 heterocycles. The first-order valence-corrected chi connectivity index (χ1v) is 6.87. The summed E-state index contributed by atoms with van der Waals surface area (Å²) in [6.45, 7) is 2.63. The van der Waals surface area contributed by atoms with E-state index in [1.807, 2.05) is 6.92 Å². The minimum absolute atomic E-state index is 0.0626. The average Bonchev–Trinajstić information content (AvgIpc) is 3.02. The summed E-state index contributed by atoms with van der Waals surface area (Å²) in [4.78, 5) is 12.5. The van der Waals surface area contributed by atoms with Crippen LogP contribution in [0.1, 0.15) is 29.4 Å². The van der Waals surface area contributed by atoms with E-state index in [4.69, 9.17) is 10.5 Å². The third-order valence-electron chi connectivity index (χ3n) is 2.68. The van der Waals surface area contributed by atoms with Gasteiger partial charge < -0.3 is 21.1 Å². The number of anilines is 2. The maximum Gasteiger partial charge on any atom is 0.263 e. The van der Waals surface area contributed by atoms with Gasteiger partial charge in [-0.1, -0.05) is 0 Å². The Hall–Kier alpha value is -1.27. The fraction of sp³-hybridized carbons (Fsp3) is 0.583. The lowest BCUT2D eigenvalue weighted by Crippen LogP contribution is -2.25. The molecule has 2 rings (SSSR count). The molecule has 0 saturated heterocycles. The van der Waals surface area contributed by atoms with Crippen molar-refractivity contribution in [2.24, 2.45) is 0 Å². The van der Waals surface area contributed by atoms with Crippen molar-refractivity contribution in [3.8, 4) is 0 Å². The summed E-state index contributed by atoms with van der Waals surface area (Å²) < 4.78 is 5.05. The molecule has 0 spiro atoms. The molecule has 1 unspecified atom stereocenters. The summed E-state index contributed by atoms with van der Waals surface area (Å²) in [5.41, 5.74) is 6.40. The maximum absolute atomic E-state index is 11.9. The summed E-state index contributed by atoms with van der Waals surface area (Å²) in [6.07, 6.45) is 2.15. The number of carbonyl (C=O) groups excluding carboxylic acids is 1. The molecule has 0 bridgehead atoms. The van der Waals surface area contributed by atoms with Crippen molar-refractivity contribution in [3.05, 3.63) is 10.9 Å². The summed E-state index contributed by atoms with van der Waals surface area (Å²) in [5, 5.41) is 7.10. The van der Waals surface area contributed by atoms with Crippen LogP contribution in [0, 0.1) is 0 Å². The fourth-order valence-corrected chi connectivity index (χ4v) is 2.66. The second-order valence-corrected chi connectivity index (χ2v) is 5.70. The Labute approximate surface area is 111 Å². The minimum atomic E-state index is -0.0626. The van der Waals surface area contributed by atoms with Crippen LogP contribution in [0.25, 0.3) is 0 Å². The molecule has 6 heteroatoms. The van der Waals surface area contributed by atoms with E-state index in [-0.39, 0.29) is 11.9 Å². The third kappa shape index (κ3) is 3.36. The van der Waals surface area contributed by atoms with Crippen molar-refractivity contribution in [1.82, 2.24) is 5.32 Å². The van der Waals surface area contributed by atoms with Gasteiger partial charge in [-0.3, -0.25) is 4.79 Å². The van der Waals surface area contributed by atoms with Crippen LogP contribution in [0.2, 0.25) is 0 Å². The second kappa shape index (κ2) is 5.58. The Bertz CT molecular complexity index is 429. The zero-order valence-electron chi connectivity index (χ0n) is 10.7. The summed E-state index contributed by atoms with van der Waals surface area (Å²) in [5.74, 6) is -0.0626. The van der Waals surface area contributed by atoms with E-state index >= 15 is 0 Å².